The summed E-state index contributed by atoms with van der Waals surface area (Å²) in [6.07, 6.45) is 1.87. The minimum atomic E-state index is -0.200. The summed E-state index contributed by atoms with van der Waals surface area (Å²) in [5.41, 5.74) is 3.43. The number of halogens is 1. The van der Waals surface area contributed by atoms with Crippen molar-refractivity contribution in [3.63, 3.8) is 0 Å². The van der Waals surface area contributed by atoms with Crippen molar-refractivity contribution in [1.82, 2.24) is 15.1 Å². The van der Waals surface area contributed by atoms with Crippen LogP contribution in [-0.2, 0) is 13.6 Å². The van der Waals surface area contributed by atoms with Crippen LogP contribution in [0, 0.1) is 12.7 Å². The quantitative estimate of drug-likeness (QED) is 0.900. The lowest BCUT2D eigenvalue weighted by Gasteiger charge is -2.14. The molecule has 0 spiro atoms. The summed E-state index contributed by atoms with van der Waals surface area (Å²) in [5, 5.41) is 7.62. The largest absolute Gasteiger partial charge is 0.306 e. The zero-order valence-electron chi connectivity index (χ0n) is 10.9. The first-order valence-electron chi connectivity index (χ1n) is 6.04. The van der Waals surface area contributed by atoms with E-state index in [0.717, 1.165) is 17.8 Å². The normalized spacial score (nSPS) is 12.7. The predicted molar refractivity (Wildman–Crippen MR) is 69.6 cm³/mol. The first-order valence-corrected chi connectivity index (χ1v) is 6.04. The van der Waals surface area contributed by atoms with E-state index >= 15 is 0 Å². The van der Waals surface area contributed by atoms with Gasteiger partial charge in [-0.1, -0.05) is 12.1 Å². The van der Waals surface area contributed by atoms with E-state index in [2.05, 4.69) is 17.3 Å². The van der Waals surface area contributed by atoms with Gasteiger partial charge >= 0.3 is 0 Å². The maximum atomic E-state index is 12.8. The van der Waals surface area contributed by atoms with Crippen molar-refractivity contribution in [1.29, 1.82) is 0 Å². The molecule has 0 saturated heterocycles. The lowest BCUT2D eigenvalue weighted by molar-refractivity contribution is 0.569. The fraction of sp³-hybridized carbons (Fsp3) is 0.357. The number of rotatable bonds is 4. The van der Waals surface area contributed by atoms with Gasteiger partial charge in [0.1, 0.15) is 5.82 Å². The lowest BCUT2D eigenvalue weighted by Crippen LogP contribution is -2.18. The molecule has 1 aromatic carbocycles. The molecule has 0 aliphatic carbocycles. The van der Waals surface area contributed by atoms with E-state index < -0.39 is 0 Å². The van der Waals surface area contributed by atoms with Gasteiger partial charge in [-0.15, -0.1) is 0 Å². The van der Waals surface area contributed by atoms with Gasteiger partial charge < -0.3 is 5.32 Å². The number of benzene rings is 1. The fourth-order valence-corrected chi connectivity index (χ4v) is 1.85. The Morgan fingerprint density at radius 1 is 1.33 bits per heavy atom. The molecule has 2 aromatic rings. The summed E-state index contributed by atoms with van der Waals surface area (Å²) in [6.45, 7) is 4.88. The van der Waals surface area contributed by atoms with Crippen LogP contribution in [-0.4, -0.2) is 9.78 Å². The molecule has 0 saturated carbocycles. The van der Waals surface area contributed by atoms with Crippen molar-refractivity contribution >= 4 is 0 Å². The highest BCUT2D eigenvalue weighted by Gasteiger charge is 2.07. The Balaban J connectivity index is 1.98. The van der Waals surface area contributed by atoms with Crippen molar-refractivity contribution in [2.75, 3.05) is 0 Å². The predicted octanol–water partition coefficient (Wildman–Crippen LogP) is 2.72. The Morgan fingerprint density at radius 2 is 2.00 bits per heavy atom. The van der Waals surface area contributed by atoms with Gasteiger partial charge in [0.05, 0.1) is 6.20 Å². The van der Waals surface area contributed by atoms with Crippen LogP contribution < -0.4 is 5.32 Å². The van der Waals surface area contributed by atoms with Crippen LogP contribution in [0.2, 0.25) is 0 Å². The molecule has 4 heteroatoms. The topological polar surface area (TPSA) is 29.9 Å². The zero-order valence-corrected chi connectivity index (χ0v) is 10.9. The molecular formula is C14H18FN3. The van der Waals surface area contributed by atoms with Gasteiger partial charge in [-0.2, -0.15) is 5.10 Å². The first kappa shape index (κ1) is 12.8. The van der Waals surface area contributed by atoms with E-state index in [9.17, 15) is 4.39 Å². The molecule has 0 amide bonds. The Labute approximate surface area is 107 Å². The van der Waals surface area contributed by atoms with Crippen molar-refractivity contribution in [2.24, 2.45) is 7.05 Å². The highest BCUT2D eigenvalue weighted by Crippen LogP contribution is 2.14. The molecule has 0 aliphatic heterocycles. The minimum absolute atomic E-state index is 0.185. The van der Waals surface area contributed by atoms with Crippen molar-refractivity contribution in [3.8, 4) is 0 Å². The fourth-order valence-electron chi connectivity index (χ4n) is 1.85. The molecule has 1 heterocycles. The molecule has 1 N–H and O–H groups in total. The molecule has 3 nitrogen and oxygen atoms in total. The van der Waals surface area contributed by atoms with E-state index in [1.54, 1.807) is 0 Å². The summed E-state index contributed by atoms with van der Waals surface area (Å²) < 4.78 is 14.7. The molecule has 2 rings (SSSR count). The SMILES string of the molecule is Cc1c(CN[C@@H](C)c2ccc(F)cc2)cnn1C. The van der Waals surface area contributed by atoms with Crippen LogP contribution in [0.15, 0.2) is 30.5 Å². The second-order valence-electron chi connectivity index (χ2n) is 4.53. The average Bonchev–Trinajstić information content (AvgIpc) is 2.68. The van der Waals surface area contributed by atoms with Crippen LogP contribution in [0.1, 0.15) is 29.8 Å². The zero-order chi connectivity index (χ0) is 13.1. The van der Waals surface area contributed by atoms with E-state index in [1.165, 1.54) is 17.7 Å². The van der Waals surface area contributed by atoms with E-state index in [4.69, 9.17) is 0 Å². The number of nitrogens with one attached hydrogen (secondary N) is 1. The average molecular weight is 247 g/mol. The van der Waals surface area contributed by atoms with Crippen LogP contribution in [0.3, 0.4) is 0 Å². The Hall–Kier alpha value is -1.68. The smallest absolute Gasteiger partial charge is 0.123 e. The minimum Gasteiger partial charge on any atom is -0.306 e. The number of nitrogens with zero attached hydrogens (tertiary/aromatic N) is 2. The van der Waals surface area contributed by atoms with Crippen molar-refractivity contribution in [3.05, 3.63) is 53.1 Å². The molecular weight excluding hydrogens is 229 g/mol. The Morgan fingerprint density at radius 3 is 2.56 bits per heavy atom. The van der Waals surface area contributed by atoms with Crippen LogP contribution in [0.5, 0.6) is 0 Å². The summed E-state index contributed by atoms with van der Waals surface area (Å²) in [4.78, 5) is 0. The summed E-state index contributed by atoms with van der Waals surface area (Å²) in [6, 6.07) is 6.78. The second-order valence-corrected chi connectivity index (χ2v) is 4.53. The van der Waals surface area contributed by atoms with Gasteiger partial charge in [0.25, 0.3) is 0 Å². The van der Waals surface area contributed by atoms with Crippen LogP contribution in [0.4, 0.5) is 4.39 Å². The molecule has 96 valence electrons. The highest BCUT2D eigenvalue weighted by molar-refractivity contribution is 5.20. The third-order valence-electron chi connectivity index (χ3n) is 3.31. The lowest BCUT2D eigenvalue weighted by atomic mass is 10.1. The third kappa shape index (κ3) is 2.76. The molecule has 1 atom stereocenters. The maximum Gasteiger partial charge on any atom is 0.123 e. The molecule has 18 heavy (non-hydrogen) atoms. The van der Waals surface area contributed by atoms with Crippen molar-refractivity contribution < 1.29 is 4.39 Å². The first-order chi connectivity index (χ1) is 8.58. The van der Waals surface area contributed by atoms with E-state index in [0.29, 0.717) is 0 Å². The number of hydrogen-bond acceptors (Lipinski definition) is 2. The molecule has 0 radical (unpaired) electrons. The van der Waals surface area contributed by atoms with E-state index in [1.807, 2.05) is 37.0 Å². The monoisotopic (exact) mass is 247 g/mol. The van der Waals surface area contributed by atoms with Gasteiger partial charge in [-0.3, -0.25) is 4.68 Å². The summed E-state index contributed by atoms with van der Waals surface area (Å²) >= 11 is 0. The van der Waals surface area contributed by atoms with Gasteiger partial charge in [0.15, 0.2) is 0 Å². The van der Waals surface area contributed by atoms with Gasteiger partial charge in [0, 0.05) is 30.9 Å². The maximum absolute atomic E-state index is 12.8. The molecule has 0 unspecified atom stereocenters. The standard InChI is InChI=1S/C14H18FN3/c1-10(12-4-6-14(15)7-5-12)16-8-13-9-17-18(3)11(13)2/h4-7,9-10,16H,8H2,1-3H3/t10-/m0/s1. The molecule has 0 bridgehead atoms. The van der Waals surface area contributed by atoms with Crippen LogP contribution >= 0.6 is 0 Å². The highest BCUT2D eigenvalue weighted by atomic mass is 19.1. The summed E-state index contributed by atoms with van der Waals surface area (Å²) in [7, 11) is 1.93. The number of aromatic nitrogens is 2. The molecule has 0 aliphatic rings. The number of aryl methyl sites for hydroxylation is 1. The van der Waals surface area contributed by atoms with E-state index in [-0.39, 0.29) is 11.9 Å². The molecule has 0 fully saturated rings. The number of hydrogen-bond donors (Lipinski definition) is 1. The Kier molecular flexibility index (Phi) is 3.77. The second kappa shape index (κ2) is 5.31. The van der Waals surface area contributed by atoms with Gasteiger partial charge in [-0.25, -0.2) is 4.39 Å². The van der Waals surface area contributed by atoms with Gasteiger partial charge in [0.2, 0.25) is 0 Å². The molecule has 1 aromatic heterocycles. The van der Waals surface area contributed by atoms with Crippen molar-refractivity contribution in [2.45, 2.75) is 26.4 Å². The Bertz CT molecular complexity index is 516. The van der Waals surface area contributed by atoms with Gasteiger partial charge in [-0.05, 0) is 31.5 Å². The third-order valence-corrected chi connectivity index (χ3v) is 3.31. The van der Waals surface area contributed by atoms with Crippen LogP contribution in [0.25, 0.3) is 0 Å². The summed E-state index contributed by atoms with van der Waals surface area (Å²) in [5.74, 6) is -0.200.